The number of fused-ring (bicyclic) bond motifs is 1. The highest BCUT2D eigenvalue weighted by atomic mass is 16.2. The Hall–Kier alpha value is -6.84. The smallest absolute Gasteiger partial charge is 0.243 e. The van der Waals surface area contributed by atoms with Crippen molar-refractivity contribution in [3.8, 4) is 0 Å². The van der Waals surface area contributed by atoms with Crippen LogP contribution in [0.5, 0.6) is 0 Å². The summed E-state index contributed by atoms with van der Waals surface area (Å²) in [6.07, 6.45) is 5.31. The maximum atomic E-state index is 13.9. The summed E-state index contributed by atoms with van der Waals surface area (Å²) in [5.41, 5.74) is 18.2. The van der Waals surface area contributed by atoms with Gasteiger partial charge in [0.1, 0.15) is 30.2 Å². The zero-order chi connectivity index (χ0) is 50.9. The summed E-state index contributed by atoms with van der Waals surface area (Å²) in [7, 11) is 0. The highest BCUT2D eigenvalue weighted by Gasteiger charge is 2.34. The van der Waals surface area contributed by atoms with Crippen LogP contribution in [0.2, 0.25) is 0 Å². The van der Waals surface area contributed by atoms with E-state index in [9.17, 15) is 43.2 Å². The average Bonchev–Trinajstić information content (AvgIpc) is 3.95. The third kappa shape index (κ3) is 17.4. The van der Waals surface area contributed by atoms with Gasteiger partial charge in [-0.1, -0.05) is 73.1 Å². The van der Waals surface area contributed by atoms with E-state index in [4.69, 9.17) is 17.2 Å². The van der Waals surface area contributed by atoms with Gasteiger partial charge < -0.3 is 64.4 Å². The van der Waals surface area contributed by atoms with Gasteiger partial charge in [-0.3, -0.25) is 43.2 Å². The zero-order valence-electron chi connectivity index (χ0n) is 40.2. The molecule has 3 rings (SSSR count). The number of H-pyrrole nitrogens is 2. The molecule has 3 aromatic rings. The first-order chi connectivity index (χ1) is 31.9. The van der Waals surface area contributed by atoms with Gasteiger partial charge in [-0.2, -0.15) is 0 Å². The molecule has 0 aliphatic heterocycles. The lowest BCUT2D eigenvalue weighted by atomic mass is 9.86. The number of aromatic amines is 2. The molecule has 374 valence electrons. The van der Waals surface area contributed by atoms with Crippen LogP contribution in [-0.4, -0.2) is 117 Å². The van der Waals surface area contributed by atoms with Gasteiger partial charge in [-0.25, -0.2) is 4.98 Å². The molecule has 22 nitrogen and oxygen atoms in total. The van der Waals surface area contributed by atoms with Gasteiger partial charge >= 0.3 is 0 Å². The molecule has 2 heterocycles. The van der Waals surface area contributed by atoms with Crippen molar-refractivity contribution in [2.24, 2.45) is 34.5 Å². The number of imidazole rings is 1. The summed E-state index contributed by atoms with van der Waals surface area (Å²) in [6.45, 7) is 13.4. The van der Waals surface area contributed by atoms with E-state index in [1.165, 1.54) is 19.4 Å². The van der Waals surface area contributed by atoms with Gasteiger partial charge in [0, 0.05) is 60.7 Å². The maximum Gasteiger partial charge on any atom is 0.243 e. The standard InChI is InChI=1S/C46H71N13O9/c1-9-25(4)31(15-17-36(61)58-39(40(49)63)46(6,7)8)56-44(67)34(19-28-21-50-23-53-28)55-37(62)22-52-45(68)38(24(2)3)59-41(64)26(5)54-43(66)33(57-42(65)30(47)14-16-35(48)60)18-27-20-51-32-13-11-10-12-29(27)32/h10-13,20-21,23-26,30-31,33-34,38-39,51H,9,14-19,22,47H2,1-8H3,(H2,48,60)(H2,49,63)(H,50,53)(H,52,68)(H,54,66)(H,55,62)(H,56,67)(H,57,65)(H,58,61)(H,59,64)/t25?,26-,30-,31?,33+,34-,38-,39?/m0/s1. The Labute approximate surface area is 396 Å². The van der Waals surface area contributed by atoms with Crippen LogP contribution in [0.3, 0.4) is 0 Å². The van der Waals surface area contributed by atoms with Crippen molar-refractivity contribution in [3.05, 3.63) is 54.2 Å². The van der Waals surface area contributed by atoms with Crippen LogP contribution in [0.4, 0.5) is 0 Å². The zero-order valence-corrected chi connectivity index (χ0v) is 40.2. The third-order valence-electron chi connectivity index (χ3n) is 11.6. The van der Waals surface area contributed by atoms with E-state index in [0.717, 1.165) is 10.9 Å². The van der Waals surface area contributed by atoms with E-state index in [2.05, 4.69) is 52.2 Å². The quantitative estimate of drug-likeness (QED) is 0.0455. The minimum absolute atomic E-state index is 0.00775. The normalized spacial score (nSPS) is 15.0. The number of carbonyl (C=O) groups is 9. The highest BCUT2D eigenvalue weighted by molar-refractivity contribution is 5.96. The number of nitrogens with one attached hydrogen (secondary N) is 9. The summed E-state index contributed by atoms with van der Waals surface area (Å²) in [4.78, 5) is 127. The van der Waals surface area contributed by atoms with Gasteiger partial charge in [0.2, 0.25) is 53.2 Å². The molecule has 0 bridgehead atoms. The van der Waals surface area contributed by atoms with Gasteiger partial charge in [-0.05, 0) is 48.6 Å². The molecule has 8 atom stereocenters. The monoisotopic (exact) mass is 950 g/mol. The molecule has 1 aromatic carbocycles. The Balaban J connectivity index is 1.67. The third-order valence-corrected chi connectivity index (χ3v) is 11.6. The Morgan fingerprint density at radius 1 is 0.721 bits per heavy atom. The fraction of sp³-hybridized carbons (Fsp3) is 0.565. The molecule has 0 saturated heterocycles. The fourth-order valence-electron chi connectivity index (χ4n) is 7.28. The molecular formula is C46H71N13O9. The number of carbonyl (C=O) groups excluding carboxylic acids is 9. The average molecular weight is 950 g/mol. The first kappa shape index (κ1) is 55.5. The summed E-state index contributed by atoms with van der Waals surface area (Å²) in [6, 6.07) is 0.0879. The second kappa shape index (κ2) is 25.9. The predicted molar refractivity (Wildman–Crippen MR) is 253 cm³/mol. The van der Waals surface area contributed by atoms with Crippen molar-refractivity contribution in [1.29, 1.82) is 0 Å². The maximum absolute atomic E-state index is 13.9. The van der Waals surface area contributed by atoms with E-state index in [0.29, 0.717) is 17.7 Å². The van der Waals surface area contributed by atoms with Crippen molar-refractivity contribution < 1.29 is 43.2 Å². The second-order valence-corrected chi connectivity index (χ2v) is 18.6. The lowest BCUT2D eigenvalue weighted by molar-refractivity contribution is -0.134. The molecule has 2 aromatic heterocycles. The summed E-state index contributed by atoms with van der Waals surface area (Å²) in [5, 5.41) is 19.5. The number of para-hydroxylation sites is 1. The molecule has 0 spiro atoms. The van der Waals surface area contributed by atoms with Gasteiger partial charge in [0.15, 0.2) is 0 Å². The predicted octanol–water partition coefficient (Wildman–Crippen LogP) is -0.672. The van der Waals surface area contributed by atoms with E-state index in [-0.39, 0.29) is 44.4 Å². The summed E-state index contributed by atoms with van der Waals surface area (Å²) in [5.74, 6) is -6.44. The number of benzene rings is 1. The number of primary amides is 2. The number of rotatable bonds is 27. The molecule has 9 amide bonds. The molecule has 0 radical (unpaired) electrons. The van der Waals surface area contributed by atoms with Crippen molar-refractivity contribution in [2.45, 2.75) is 143 Å². The van der Waals surface area contributed by atoms with Gasteiger partial charge in [0.05, 0.1) is 18.9 Å². The summed E-state index contributed by atoms with van der Waals surface area (Å²) < 4.78 is 0. The Morgan fingerprint density at radius 3 is 1.99 bits per heavy atom. The van der Waals surface area contributed by atoms with E-state index in [1.54, 1.807) is 40.8 Å². The lowest BCUT2D eigenvalue weighted by Gasteiger charge is -2.30. The van der Waals surface area contributed by atoms with Crippen LogP contribution in [0.1, 0.15) is 98.8 Å². The van der Waals surface area contributed by atoms with Crippen LogP contribution >= 0.6 is 0 Å². The molecule has 15 N–H and O–H groups in total. The highest BCUT2D eigenvalue weighted by Crippen LogP contribution is 2.21. The van der Waals surface area contributed by atoms with E-state index >= 15 is 0 Å². The number of hydrogen-bond donors (Lipinski definition) is 12. The number of hydrogen-bond acceptors (Lipinski definition) is 11. The lowest BCUT2D eigenvalue weighted by Crippen LogP contribution is -2.58. The molecule has 0 aliphatic rings. The number of nitrogens with two attached hydrogens (primary N) is 3. The minimum atomic E-state index is -1.21. The van der Waals surface area contributed by atoms with Crippen LogP contribution in [0, 0.1) is 17.3 Å². The SMILES string of the molecule is CCC(C)C(CCC(=O)NC(C(N)=O)C(C)(C)C)NC(=O)[C@H](Cc1cnc[nH]1)NC(=O)CNC(=O)[C@@H](NC(=O)[C@H](C)NC(=O)[C@@H](Cc1c[nH]c2ccccc12)NC(=O)[C@@H](N)CCC(N)=O)C(C)C. The fourth-order valence-corrected chi connectivity index (χ4v) is 7.28. The van der Waals surface area contributed by atoms with Crippen LogP contribution in [-0.2, 0) is 56.0 Å². The Bertz CT molecular complexity index is 2220. The van der Waals surface area contributed by atoms with E-state index in [1.807, 2.05) is 38.1 Å². The molecular weight excluding hydrogens is 879 g/mol. The molecule has 0 saturated carbocycles. The number of amides is 9. The first-order valence-corrected chi connectivity index (χ1v) is 22.8. The summed E-state index contributed by atoms with van der Waals surface area (Å²) >= 11 is 0. The van der Waals surface area contributed by atoms with Crippen LogP contribution in [0.15, 0.2) is 43.0 Å². The minimum Gasteiger partial charge on any atom is -0.370 e. The van der Waals surface area contributed by atoms with Crippen LogP contribution < -0.4 is 54.4 Å². The van der Waals surface area contributed by atoms with E-state index < -0.39 is 113 Å². The number of aromatic nitrogens is 3. The van der Waals surface area contributed by atoms with Crippen molar-refractivity contribution >= 4 is 64.1 Å². The van der Waals surface area contributed by atoms with Gasteiger partial charge in [0.25, 0.3) is 0 Å². The largest absolute Gasteiger partial charge is 0.370 e. The van der Waals surface area contributed by atoms with Crippen molar-refractivity contribution in [3.63, 3.8) is 0 Å². The molecule has 22 heteroatoms. The number of nitrogens with zero attached hydrogens (tertiary/aromatic N) is 1. The molecule has 68 heavy (non-hydrogen) atoms. The first-order valence-electron chi connectivity index (χ1n) is 22.8. The second-order valence-electron chi connectivity index (χ2n) is 18.6. The molecule has 0 fully saturated rings. The molecule has 3 unspecified atom stereocenters. The van der Waals surface area contributed by atoms with Gasteiger partial charge in [-0.15, -0.1) is 0 Å². The molecule has 0 aliphatic carbocycles. The van der Waals surface area contributed by atoms with Crippen LogP contribution in [0.25, 0.3) is 10.9 Å². The Morgan fingerprint density at radius 2 is 1.38 bits per heavy atom. The Kier molecular flexibility index (Phi) is 21.1. The van der Waals surface area contributed by atoms with Crippen molar-refractivity contribution in [2.75, 3.05) is 6.54 Å². The van der Waals surface area contributed by atoms with Crippen molar-refractivity contribution in [1.82, 2.24) is 52.2 Å². The topological polar surface area (TPSA) is 360 Å².